The molecule has 0 bridgehead atoms. The van der Waals surface area contributed by atoms with Crippen molar-refractivity contribution in [2.45, 2.75) is 31.6 Å². The van der Waals surface area contributed by atoms with Crippen LogP contribution in [0.4, 0.5) is 43.4 Å². The third kappa shape index (κ3) is 7.61. The lowest BCUT2D eigenvalue weighted by molar-refractivity contribution is -0.124. The number of hydrogen-bond donors (Lipinski definition) is 2. The molecule has 0 radical (unpaired) electrons. The van der Waals surface area contributed by atoms with E-state index in [1.165, 1.54) is 59.3 Å². The second-order valence-electron chi connectivity index (χ2n) is 14.8. The molecule has 8 rings (SSSR count). The van der Waals surface area contributed by atoms with E-state index in [-0.39, 0.29) is 56.5 Å². The Labute approximate surface area is 337 Å². The van der Waals surface area contributed by atoms with Crippen LogP contribution in [0.15, 0.2) is 84.1 Å². The molecule has 302 valence electrons. The number of likely N-dealkylation sites (tertiary alicyclic amines) is 1. The highest BCUT2D eigenvalue weighted by Crippen LogP contribution is 2.45. The summed E-state index contributed by atoms with van der Waals surface area (Å²) in [4.78, 5) is 46.5. The highest BCUT2D eigenvalue weighted by atomic mass is 35.5. The van der Waals surface area contributed by atoms with Crippen LogP contribution in [0, 0.1) is 22.9 Å². The number of rotatable bonds is 6. The monoisotopic (exact) mass is 841 g/mol. The zero-order valence-corrected chi connectivity index (χ0v) is 32.3. The SMILES string of the molecule is CN1C=C(C(F)(F)F)C=C(C(=O)Nc2ccc(C(=O)N3CCc4cc(C(=O)Nc5c(F)cc(F)cc5Cl)sc4-c4ccc(F)cc43)cc2)C1N1CC2(CCOCC2)C1. The van der Waals surface area contributed by atoms with Crippen LogP contribution in [0.3, 0.4) is 0 Å². The minimum Gasteiger partial charge on any atom is -0.381 e. The Balaban J connectivity index is 0.999. The molecule has 0 aliphatic carbocycles. The number of ether oxygens (including phenoxy) is 1. The number of amides is 3. The van der Waals surface area contributed by atoms with Crippen LogP contribution in [-0.2, 0) is 16.0 Å². The van der Waals surface area contributed by atoms with E-state index in [0.29, 0.717) is 48.4 Å². The van der Waals surface area contributed by atoms with Crippen molar-refractivity contribution in [3.8, 4) is 10.4 Å². The molecule has 3 amide bonds. The summed E-state index contributed by atoms with van der Waals surface area (Å²) in [6.07, 6.45) is -1.58. The van der Waals surface area contributed by atoms with Crippen LogP contribution in [0.1, 0.15) is 38.4 Å². The second kappa shape index (κ2) is 15.2. The molecule has 4 aliphatic rings. The molecule has 58 heavy (non-hydrogen) atoms. The largest absolute Gasteiger partial charge is 0.417 e. The minimum absolute atomic E-state index is 0.00514. The maximum absolute atomic E-state index is 14.8. The topological polar surface area (TPSA) is 94.2 Å². The Hall–Kier alpha value is -5.16. The smallest absolute Gasteiger partial charge is 0.381 e. The van der Waals surface area contributed by atoms with Crippen molar-refractivity contribution in [1.29, 1.82) is 0 Å². The van der Waals surface area contributed by atoms with Gasteiger partial charge in [-0.1, -0.05) is 11.6 Å². The molecule has 0 saturated carbocycles. The third-order valence-corrected chi connectivity index (χ3v) is 12.4. The summed E-state index contributed by atoms with van der Waals surface area (Å²) in [5.41, 5.74) is 0.423. The van der Waals surface area contributed by atoms with E-state index in [9.17, 15) is 40.7 Å². The number of carbonyl (C=O) groups is 3. The first-order chi connectivity index (χ1) is 27.6. The van der Waals surface area contributed by atoms with Crippen LogP contribution in [-0.4, -0.2) is 79.8 Å². The number of nitrogens with one attached hydrogen (secondary N) is 2. The molecule has 4 aliphatic heterocycles. The Morgan fingerprint density at radius 3 is 2.33 bits per heavy atom. The van der Waals surface area contributed by atoms with Crippen molar-refractivity contribution in [2.75, 3.05) is 55.4 Å². The number of alkyl halides is 3. The van der Waals surface area contributed by atoms with E-state index < -0.39 is 53.1 Å². The van der Waals surface area contributed by atoms with Gasteiger partial charge in [0.15, 0.2) is 5.82 Å². The zero-order valence-electron chi connectivity index (χ0n) is 30.7. The van der Waals surface area contributed by atoms with Crippen LogP contribution in [0.25, 0.3) is 10.4 Å². The van der Waals surface area contributed by atoms with Crippen molar-refractivity contribution in [3.63, 3.8) is 0 Å². The molecule has 2 N–H and O–H groups in total. The predicted octanol–water partition coefficient (Wildman–Crippen LogP) is 8.64. The molecule has 2 fully saturated rings. The molecule has 1 atom stereocenters. The Morgan fingerprint density at radius 2 is 1.64 bits per heavy atom. The molecule has 1 unspecified atom stereocenters. The number of benzene rings is 3. The third-order valence-electron chi connectivity index (χ3n) is 10.9. The van der Waals surface area contributed by atoms with Crippen molar-refractivity contribution in [3.05, 3.63) is 123 Å². The van der Waals surface area contributed by atoms with Gasteiger partial charge < -0.3 is 25.2 Å². The minimum atomic E-state index is -4.68. The lowest BCUT2D eigenvalue weighted by Gasteiger charge is -2.56. The number of halogens is 7. The molecular formula is C41H34ClF6N5O4S. The summed E-state index contributed by atoms with van der Waals surface area (Å²) in [7, 11) is 1.52. The quantitative estimate of drug-likeness (QED) is 0.189. The number of likely N-dealkylation sites (N-methyl/N-ethyl adjacent to an activating group) is 1. The van der Waals surface area contributed by atoms with Crippen molar-refractivity contribution < 1.29 is 45.5 Å². The van der Waals surface area contributed by atoms with Gasteiger partial charge in [-0.2, -0.15) is 13.2 Å². The normalized spacial score (nSPS) is 19.0. The van der Waals surface area contributed by atoms with Gasteiger partial charge in [0, 0.05) is 79.3 Å². The lowest BCUT2D eigenvalue weighted by atomic mass is 9.72. The van der Waals surface area contributed by atoms with Crippen molar-refractivity contribution >= 4 is 57.7 Å². The Bertz CT molecular complexity index is 2360. The lowest BCUT2D eigenvalue weighted by Crippen LogP contribution is -2.65. The van der Waals surface area contributed by atoms with Gasteiger partial charge >= 0.3 is 6.18 Å². The predicted molar refractivity (Wildman–Crippen MR) is 207 cm³/mol. The van der Waals surface area contributed by atoms with E-state index in [1.807, 2.05) is 4.90 Å². The zero-order chi connectivity index (χ0) is 41.1. The molecule has 4 aromatic rings. The standard InChI is InChI=1S/C41H34ClF6N5O4S/c1-51-19-24(41(46,47)48)15-29(38(51)52-20-40(21-52)9-12-57-13-10-40)36(54)49-27-5-2-22(3-6-27)39(56)53-11-8-23-14-33(58-35(23)28-7-4-25(43)18-32(28)53)37(55)50-34-30(42)16-26(44)17-31(34)45/h2-7,14-19,38H,8-13,20-21H2,1H3,(H,49,54)(H,50,55). The number of carbonyl (C=O) groups excluding carboxylic acids is 3. The first kappa shape index (κ1) is 39.7. The van der Waals surface area contributed by atoms with Crippen molar-refractivity contribution in [2.24, 2.45) is 5.41 Å². The number of nitrogens with zero attached hydrogens (tertiary/aromatic N) is 3. The molecule has 2 saturated heterocycles. The molecule has 1 aromatic heterocycles. The molecule has 5 heterocycles. The molecule has 9 nitrogen and oxygen atoms in total. The average Bonchev–Trinajstić information content (AvgIpc) is 3.53. The van der Waals surface area contributed by atoms with Gasteiger partial charge in [0.05, 0.1) is 32.4 Å². The fourth-order valence-corrected chi connectivity index (χ4v) is 9.40. The second-order valence-corrected chi connectivity index (χ2v) is 16.3. The fraction of sp³-hybridized carbons (Fsp3) is 0.293. The number of thiophene rings is 1. The Kier molecular flexibility index (Phi) is 10.4. The van der Waals surface area contributed by atoms with E-state index in [2.05, 4.69) is 10.6 Å². The number of fused-ring (bicyclic) bond motifs is 3. The van der Waals surface area contributed by atoms with Gasteiger partial charge in [0.1, 0.15) is 17.8 Å². The number of anilines is 3. The maximum Gasteiger partial charge on any atom is 0.417 e. The van der Waals surface area contributed by atoms with Crippen LogP contribution < -0.4 is 15.5 Å². The van der Waals surface area contributed by atoms with E-state index in [1.54, 1.807) is 6.07 Å². The van der Waals surface area contributed by atoms with Gasteiger partial charge in [-0.3, -0.25) is 19.3 Å². The maximum atomic E-state index is 14.8. The van der Waals surface area contributed by atoms with E-state index in [0.717, 1.165) is 42.5 Å². The molecule has 1 spiro atoms. The average molecular weight is 842 g/mol. The van der Waals surface area contributed by atoms with Crippen LogP contribution in [0.5, 0.6) is 0 Å². The van der Waals surface area contributed by atoms with E-state index >= 15 is 0 Å². The highest BCUT2D eigenvalue weighted by Gasteiger charge is 2.50. The van der Waals surface area contributed by atoms with Crippen molar-refractivity contribution in [1.82, 2.24) is 9.80 Å². The molecular weight excluding hydrogens is 808 g/mol. The fourth-order valence-electron chi connectivity index (χ4n) is 8.02. The van der Waals surface area contributed by atoms with Crippen LogP contribution >= 0.6 is 22.9 Å². The Morgan fingerprint density at radius 1 is 0.914 bits per heavy atom. The van der Waals surface area contributed by atoms with Gasteiger partial charge in [0.2, 0.25) is 0 Å². The first-order valence-corrected chi connectivity index (χ1v) is 19.4. The first-order valence-electron chi connectivity index (χ1n) is 18.3. The number of allylic oxidation sites excluding steroid dienone is 2. The van der Waals surface area contributed by atoms with Gasteiger partial charge in [0.25, 0.3) is 17.7 Å². The van der Waals surface area contributed by atoms with Crippen LogP contribution in [0.2, 0.25) is 5.02 Å². The highest BCUT2D eigenvalue weighted by molar-refractivity contribution is 7.17. The summed E-state index contributed by atoms with van der Waals surface area (Å²) >= 11 is 7.02. The summed E-state index contributed by atoms with van der Waals surface area (Å²) in [5.74, 6) is -4.47. The summed E-state index contributed by atoms with van der Waals surface area (Å²) in [5, 5.41) is 4.77. The summed E-state index contributed by atoms with van der Waals surface area (Å²) in [6, 6.07) is 12.9. The van der Waals surface area contributed by atoms with Gasteiger partial charge in [-0.25, -0.2) is 13.2 Å². The molecule has 3 aromatic carbocycles. The molecule has 17 heteroatoms. The van der Waals surface area contributed by atoms with Gasteiger partial charge in [-0.05, 0) is 85.5 Å². The van der Waals surface area contributed by atoms with E-state index in [4.69, 9.17) is 16.3 Å². The summed E-state index contributed by atoms with van der Waals surface area (Å²) < 4.78 is 90.0. The summed E-state index contributed by atoms with van der Waals surface area (Å²) in [6.45, 7) is 2.55. The van der Waals surface area contributed by atoms with Gasteiger partial charge in [-0.15, -0.1) is 11.3 Å². The number of hydrogen-bond acceptors (Lipinski definition) is 7.